The van der Waals surface area contributed by atoms with Crippen LogP contribution >= 0.6 is 0 Å². The van der Waals surface area contributed by atoms with Gasteiger partial charge in [0.25, 0.3) is 0 Å². The lowest BCUT2D eigenvalue weighted by Gasteiger charge is -2.20. The Labute approximate surface area is 128 Å². The molecule has 1 heterocycles. The number of carbonyl (C=O) groups is 1. The lowest BCUT2D eigenvalue weighted by Crippen LogP contribution is -2.26. The summed E-state index contributed by atoms with van der Waals surface area (Å²) >= 11 is 0. The van der Waals surface area contributed by atoms with Crippen LogP contribution in [0.15, 0.2) is 45.6 Å². The summed E-state index contributed by atoms with van der Waals surface area (Å²) in [6.45, 7) is 5.25. The maximum Gasteiger partial charge on any atom is 0.210 e. The molecule has 3 rings (SSSR count). The molecule has 0 fully saturated rings. The molecule has 0 spiro atoms. The number of nitrogens with zero attached hydrogens (tertiary/aromatic N) is 1. The fraction of sp³-hybridized carbons (Fsp3) is 0.222. The first-order chi connectivity index (χ1) is 10.7. The monoisotopic (exact) mass is 295 g/mol. The number of hydrogen-bond donors (Lipinski definition) is 0. The Kier molecular flexibility index (Phi) is 3.67. The highest BCUT2D eigenvalue weighted by Gasteiger charge is 2.19. The maximum atomic E-state index is 12.8. The highest BCUT2D eigenvalue weighted by atomic mass is 16.4. The van der Waals surface area contributed by atoms with Crippen LogP contribution in [0.25, 0.3) is 21.7 Å². The zero-order chi connectivity index (χ0) is 15.7. The molecule has 4 nitrogen and oxygen atoms in total. The Hall–Kier alpha value is -2.62. The third-order valence-electron chi connectivity index (χ3n) is 3.97. The van der Waals surface area contributed by atoms with Crippen LogP contribution in [0.2, 0.25) is 0 Å². The van der Waals surface area contributed by atoms with Crippen LogP contribution in [0.4, 0.5) is 5.88 Å². The van der Waals surface area contributed by atoms with E-state index < -0.39 is 0 Å². The molecule has 0 bridgehead atoms. The lowest BCUT2D eigenvalue weighted by molar-refractivity contribution is 0.112. The Morgan fingerprint density at radius 3 is 2.50 bits per heavy atom. The topological polar surface area (TPSA) is 50.5 Å². The van der Waals surface area contributed by atoms with Crippen molar-refractivity contribution < 1.29 is 9.21 Å². The summed E-state index contributed by atoms with van der Waals surface area (Å²) in [5, 5.41) is 2.23. The lowest BCUT2D eigenvalue weighted by atomic mass is 10.0. The second-order valence-corrected chi connectivity index (χ2v) is 5.10. The highest BCUT2D eigenvalue weighted by Crippen LogP contribution is 2.27. The molecule has 0 saturated heterocycles. The standard InChI is InChI=1S/C18H17NO3/c1-3-19(4-2)18-14(11-20)17(21)16-13-8-6-5-7-12(13)9-10-15(16)22-18/h5-11H,3-4H2,1-2H3. The molecule has 3 aromatic rings. The normalized spacial score (nSPS) is 11.0. The molecule has 0 radical (unpaired) electrons. The van der Waals surface area contributed by atoms with Crippen LogP contribution in [0.5, 0.6) is 0 Å². The van der Waals surface area contributed by atoms with Gasteiger partial charge < -0.3 is 9.32 Å². The van der Waals surface area contributed by atoms with Crippen molar-refractivity contribution in [1.29, 1.82) is 0 Å². The van der Waals surface area contributed by atoms with Crippen molar-refractivity contribution in [3.05, 3.63) is 52.2 Å². The predicted octanol–water partition coefficient (Wildman–Crippen LogP) is 3.60. The zero-order valence-corrected chi connectivity index (χ0v) is 12.6. The van der Waals surface area contributed by atoms with Gasteiger partial charge in [-0.25, -0.2) is 0 Å². The quantitative estimate of drug-likeness (QED) is 0.545. The van der Waals surface area contributed by atoms with Crippen LogP contribution in [0.3, 0.4) is 0 Å². The fourth-order valence-electron chi connectivity index (χ4n) is 2.81. The smallest absolute Gasteiger partial charge is 0.210 e. The van der Waals surface area contributed by atoms with Crippen LogP contribution in [0.1, 0.15) is 24.2 Å². The van der Waals surface area contributed by atoms with Gasteiger partial charge >= 0.3 is 0 Å². The summed E-state index contributed by atoms with van der Waals surface area (Å²) in [6.07, 6.45) is 0.598. The van der Waals surface area contributed by atoms with Crippen molar-refractivity contribution in [3.8, 4) is 0 Å². The fourth-order valence-corrected chi connectivity index (χ4v) is 2.81. The first kappa shape index (κ1) is 14.3. The second-order valence-electron chi connectivity index (χ2n) is 5.10. The van der Waals surface area contributed by atoms with E-state index in [1.54, 1.807) is 6.07 Å². The largest absolute Gasteiger partial charge is 0.439 e. The van der Waals surface area contributed by atoms with E-state index in [0.717, 1.165) is 10.8 Å². The molecule has 0 aliphatic rings. The first-order valence-corrected chi connectivity index (χ1v) is 7.40. The molecule has 112 valence electrons. The average molecular weight is 295 g/mol. The molecule has 0 aliphatic heterocycles. The van der Waals surface area contributed by atoms with E-state index in [0.29, 0.717) is 36.2 Å². The third kappa shape index (κ3) is 2.08. The van der Waals surface area contributed by atoms with Gasteiger partial charge in [0.05, 0.1) is 5.39 Å². The van der Waals surface area contributed by atoms with Crippen LogP contribution in [0, 0.1) is 0 Å². The van der Waals surface area contributed by atoms with Gasteiger partial charge in [-0.3, -0.25) is 9.59 Å². The SMILES string of the molecule is CCN(CC)c1oc2ccc3ccccc3c2c(=O)c1C=O. The molecule has 0 N–H and O–H groups in total. The molecule has 0 aliphatic carbocycles. The molecule has 0 amide bonds. The molecule has 2 aromatic carbocycles. The van der Waals surface area contributed by atoms with Gasteiger partial charge in [-0.15, -0.1) is 0 Å². The summed E-state index contributed by atoms with van der Waals surface area (Å²) in [7, 11) is 0. The van der Waals surface area contributed by atoms with Crippen molar-refractivity contribution in [2.45, 2.75) is 13.8 Å². The van der Waals surface area contributed by atoms with E-state index in [9.17, 15) is 9.59 Å². The van der Waals surface area contributed by atoms with E-state index in [1.807, 2.05) is 49.1 Å². The maximum absolute atomic E-state index is 12.8. The minimum atomic E-state index is -0.269. The Bertz CT molecular complexity index is 907. The van der Waals surface area contributed by atoms with Crippen LogP contribution in [-0.4, -0.2) is 19.4 Å². The molecular formula is C18H17NO3. The average Bonchev–Trinajstić information content (AvgIpc) is 2.55. The molecule has 0 saturated carbocycles. The predicted molar refractivity (Wildman–Crippen MR) is 88.9 cm³/mol. The summed E-state index contributed by atoms with van der Waals surface area (Å²) in [4.78, 5) is 26.2. The van der Waals surface area contributed by atoms with E-state index in [4.69, 9.17) is 4.42 Å². The van der Waals surface area contributed by atoms with E-state index >= 15 is 0 Å². The summed E-state index contributed by atoms with van der Waals surface area (Å²) in [5.41, 5.74) is 0.332. The summed E-state index contributed by atoms with van der Waals surface area (Å²) < 4.78 is 5.91. The van der Waals surface area contributed by atoms with Gasteiger partial charge in [0.15, 0.2) is 6.29 Å². The van der Waals surface area contributed by atoms with E-state index in [2.05, 4.69) is 0 Å². The summed E-state index contributed by atoms with van der Waals surface area (Å²) in [6, 6.07) is 11.3. The number of rotatable bonds is 4. The van der Waals surface area contributed by atoms with Crippen molar-refractivity contribution in [2.24, 2.45) is 0 Å². The number of benzene rings is 2. The van der Waals surface area contributed by atoms with Gasteiger partial charge in [-0.1, -0.05) is 30.3 Å². The molecule has 4 heteroatoms. The van der Waals surface area contributed by atoms with E-state index in [1.165, 1.54) is 0 Å². The van der Waals surface area contributed by atoms with Crippen molar-refractivity contribution in [3.63, 3.8) is 0 Å². The molecule has 0 unspecified atom stereocenters. The molecule has 1 aromatic heterocycles. The number of aldehydes is 1. The van der Waals surface area contributed by atoms with Gasteiger partial charge in [-0.2, -0.15) is 0 Å². The second kappa shape index (κ2) is 5.64. The Balaban J connectivity index is 2.46. The van der Waals surface area contributed by atoms with Gasteiger partial charge in [0, 0.05) is 13.1 Å². The van der Waals surface area contributed by atoms with Crippen LogP contribution in [-0.2, 0) is 0 Å². The van der Waals surface area contributed by atoms with E-state index in [-0.39, 0.29) is 11.0 Å². The minimum absolute atomic E-state index is 0.0903. The van der Waals surface area contributed by atoms with Crippen molar-refractivity contribution in [2.75, 3.05) is 18.0 Å². The Morgan fingerprint density at radius 2 is 1.82 bits per heavy atom. The highest BCUT2D eigenvalue weighted by molar-refractivity contribution is 6.07. The number of carbonyl (C=O) groups excluding carboxylic acids is 1. The van der Waals surface area contributed by atoms with Crippen molar-refractivity contribution >= 4 is 33.9 Å². The first-order valence-electron chi connectivity index (χ1n) is 7.40. The Morgan fingerprint density at radius 1 is 1.09 bits per heavy atom. The van der Waals surface area contributed by atoms with Crippen molar-refractivity contribution in [1.82, 2.24) is 0 Å². The molecule has 22 heavy (non-hydrogen) atoms. The number of anilines is 1. The van der Waals surface area contributed by atoms with Crippen LogP contribution < -0.4 is 10.3 Å². The van der Waals surface area contributed by atoms with Gasteiger partial charge in [-0.05, 0) is 30.7 Å². The minimum Gasteiger partial charge on any atom is -0.439 e. The summed E-state index contributed by atoms with van der Waals surface area (Å²) in [5.74, 6) is 0.354. The molecule has 0 atom stereocenters. The third-order valence-corrected chi connectivity index (χ3v) is 3.97. The zero-order valence-electron chi connectivity index (χ0n) is 12.6. The van der Waals surface area contributed by atoms with Gasteiger partial charge in [0.1, 0.15) is 11.1 Å². The van der Waals surface area contributed by atoms with Gasteiger partial charge in [0.2, 0.25) is 11.3 Å². The number of fused-ring (bicyclic) bond motifs is 3. The number of hydrogen-bond acceptors (Lipinski definition) is 4. The molecular weight excluding hydrogens is 278 g/mol.